The molecule has 0 aromatic heterocycles. The van der Waals surface area contributed by atoms with E-state index in [0.717, 1.165) is 0 Å². The molecule has 9 heavy (non-hydrogen) atoms. The van der Waals surface area contributed by atoms with Gasteiger partial charge in [0.25, 0.3) is 0 Å². The Morgan fingerprint density at radius 1 is 1.44 bits per heavy atom. The fourth-order valence-electron chi connectivity index (χ4n) is 0.543. The summed E-state index contributed by atoms with van der Waals surface area (Å²) in [7, 11) is 0. The highest BCUT2D eigenvalue weighted by Crippen LogP contribution is 2.14. The second-order valence-electron chi connectivity index (χ2n) is 1.74. The summed E-state index contributed by atoms with van der Waals surface area (Å²) in [6.07, 6.45) is 0. The van der Waals surface area contributed by atoms with Gasteiger partial charge in [-0.25, -0.2) is 4.39 Å². The largest absolute Gasteiger partial charge is 0.207 e. The lowest BCUT2D eigenvalue weighted by Crippen LogP contribution is -1.76. The smallest absolute Gasteiger partial charge is 0.123 e. The Bertz CT molecular complexity index is 220. The van der Waals surface area contributed by atoms with Crippen molar-refractivity contribution in [1.82, 2.24) is 0 Å². The zero-order valence-corrected chi connectivity index (χ0v) is 5.45. The van der Waals surface area contributed by atoms with Crippen molar-refractivity contribution in [3.63, 3.8) is 0 Å². The van der Waals surface area contributed by atoms with E-state index < -0.39 is 0 Å². The van der Waals surface area contributed by atoms with Crippen LogP contribution in [0.1, 0.15) is 5.56 Å². The molecular weight excluding hydrogens is 139 g/mol. The van der Waals surface area contributed by atoms with Gasteiger partial charge in [0.2, 0.25) is 0 Å². The molecule has 0 unspecified atom stereocenters. The molecule has 0 atom stereocenters. The molecule has 2 heteroatoms. The minimum atomic E-state index is -0.301. The summed E-state index contributed by atoms with van der Waals surface area (Å²) in [5.74, 6) is -0.301. The van der Waals surface area contributed by atoms with Crippen molar-refractivity contribution in [3.8, 4) is 0 Å². The molecule has 0 nitrogen and oxygen atoms in total. The lowest BCUT2D eigenvalue weighted by Gasteiger charge is -1.93. The van der Waals surface area contributed by atoms with Crippen LogP contribution in [0.5, 0.6) is 0 Å². The molecule has 0 saturated carbocycles. The van der Waals surface area contributed by atoms with E-state index in [1.165, 1.54) is 18.2 Å². The Kier molecular flexibility index (Phi) is 1.72. The van der Waals surface area contributed by atoms with Gasteiger partial charge in [-0.1, -0.05) is 11.6 Å². The number of hydrogen-bond acceptors (Lipinski definition) is 0. The van der Waals surface area contributed by atoms with Crippen LogP contribution in [0.15, 0.2) is 18.2 Å². The van der Waals surface area contributed by atoms with Crippen LogP contribution < -0.4 is 0 Å². The van der Waals surface area contributed by atoms with Crippen LogP contribution in [0, 0.1) is 12.7 Å². The van der Waals surface area contributed by atoms with Crippen molar-refractivity contribution in [1.29, 1.82) is 0 Å². The average molecular weight is 144 g/mol. The maximum absolute atomic E-state index is 12.2. The SMILES string of the molecule is [CH2]c1cc(F)ccc1Cl. The maximum Gasteiger partial charge on any atom is 0.123 e. The highest BCUT2D eigenvalue weighted by molar-refractivity contribution is 6.31. The van der Waals surface area contributed by atoms with Crippen LogP contribution in [0.4, 0.5) is 4.39 Å². The zero-order chi connectivity index (χ0) is 6.85. The van der Waals surface area contributed by atoms with Crippen molar-refractivity contribution in [2.24, 2.45) is 0 Å². The highest BCUT2D eigenvalue weighted by Gasteiger charge is 1.93. The lowest BCUT2D eigenvalue weighted by atomic mass is 10.2. The Hall–Kier alpha value is -0.560. The van der Waals surface area contributed by atoms with Crippen LogP contribution in [0.3, 0.4) is 0 Å². The molecule has 0 amide bonds. The molecule has 0 aliphatic carbocycles. The van der Waals surface area contributed by atoms with E-state index in [9.17, 15) is 4.39 Å². The third-order valence-electron chi connectivity index (χ3n) is 1.01. The predicted molar refractivity (Wildman–Crippen MR) is 35.9 cm³/mol. The van der Waals surface area contributed by atoms with Crippen LogP contribution in [-0.4, -0.2) is 0 Å². The first kappa shape index (κ1) is 6.56. The van der Waals surface area contributed by atoms with Gasteiger partial charge in [-0.15, -0.1) is 0 Å². The van der Waals surface area contributed by atoms with Gasteiger partial charge in [0.15, 0.2) is 0 Å². The second kappa shape index (κ2) is 2.36. The average Bonchev–Trinajstić information content (AvgIpc) is 1.80. The summed E-state index contributed by atoms with van der Waals surface area (Å²) in [5, 5.41) is 0.497. The molecule has 0 saturated heterocycles. The van der Waals surface area contributed by atoms with Gasteiger partial charge in [0.1, 0.15) is 5.82 Å². The van der Waals surface area contributed by atoms with Crippen molar-refractivity contribution >= 4 is 11.6 Å². The Morgan fingerprint density at radius 3 is 2.56 bits per heavy atom. The summed E-state index contributed by atoms with van der Waals surface area (Å²) >= 11 is 5.55. The van der Waals surface area contributed by atoms with Gasteiger partial charge in [-0.05, 0) is 30.7 Å². The van der Waals surface area contributed by atoms with Crippen molar-refractivity contribution in [2.75, 3.05) is 0 Å². The monoisotopic (exact) mass is 143 g/mol. The quantitative estimate of drug-likeness (QED) is 0.524. The molecule has 1 aromatic rings. The lowest BCUT2D eigenvalue weighted by molar-refractivity contribution is 0.627. The van der Waals surface area contributed by atoms with Gasteiger partial charge >= 0.3 is 0 Å². The molecule has 0 N–H and O–H groups in total. The fraction of sp³-hybridized carbons (Fsp3) is 0. The molecule has 0 bridgehead atoms. The first-order valence-corrected chi connectivity index (χ1v) is 2.85. The number of rotatable bonds is 0. The molecule has 1 radical (unpaired) electrons. The van der Waals surface area contributed by atoms with E-state index in [4.69, 9.17) is 11.6 Å². The molecule has 47 valence electrons. The summed E-state index contributed by atoms with van der Waals surface area (Å²) in [4.78, 5) is 0. The topological polar surface area (TPSA) is 0 Å². The van der Waals surface area contributed by atoms with E-state index >= 15 is 0 Å². The number of halogens is 2. The molecule has 0 heterocycles. The fourth-order valence-corrected chi connectivity index (χ4v) is 0.661. The molecule has 0 aliphatic heterocycles. The normalized spacial score (nSPS) is 9.67. The van der Waals surface area contributed by atoms with Crippen LogP contribution in [0.25, 0.3) is 0 Å². The van der Waals surface area contributed by atoms with Crippen LogP contribution in [0.2, 0.25) is 5.02 Å². The molecule has 0 fully saturated rings. The molecule has 1 aromatic carbocycles. The molecule has 1 rings (SSSR count). The van der Waals surface area contributed by atoms with Crippen LogP contribution >= 0.6 is 11.6 Å². The van der Waals surface area contributed by atoms with E-state index in [-0.39, 0.29) is 5.82 Å². The standard InChI is InChI=1S/C7H5ClF/c1-5-4-6(9)2-3-7(5)8/h2-4H,1H2. The Morgan fingerprint density at radius 2 is 2.11 bits per heavy atom. The molecule has 0 aliphatic rings. The summed E-state index contributed by atoms with van der Waals surface area (Å²) in [6, 6.07) is 4.08. The summed E-state index contributed by atoms with van der Waals surface area (Å²) in [5.41, 5.74) is 0.525. The van der Waals surface area contributed by atoms with Crippen molar-refractivity contribution in [2.45, 2.75) is 0 Å². The van der Waals surface area contributed by atoms with Gasteiger partial charge in [0, 0.05) is 5.02 Å². The van der Waals surface area contributed by atoms with Crippen LogP contribution in [-0.2, 0) is 0 Å². The zero-order valence-electron chi connectivity index (χ0n) is 4.70. The molecular formula is C7H5ClF. The van der Waals surface area contributed by atoms with E-state index in [1.807, 2.05) is 0 Å². The predicted octanol–water partition coefficient (Wildman–Crippen LogP) is 2.66. The van der Waals surface area contributed by atoms with Gasteiger partial charge < -0.3 is 0 Å². The van der Waals surface area contributed by atoms with Gasteiger partial charge in [0.05, 0.1) is 0 Å². The van der Waals surface area contributed by atoms with E-state index in [0.29, 0.717) is 10.6 Å². The second-order valence-corrected chi connectivity index (χ2v) is 2.14. The van der Waals surface area contributed by atoms with Crippen molar-refractivity contribution < 1.29 is 4.39 Å². The first-order chi connectivity index (χ1) is 4.20. The number of benzene rings is 1. The summed E-state index contributed by atoms with van der Waals surface area (Å²) in [6.45, 7) is 3.51. The van der Waals surface area contributed by atoms with Crippen molar-refractivity contribution in [3.05, 3.63) is 41.5 Å². The third kappa shape index (κ3) is 1.42. The van der Waals surface area contributed by atoms with E-state index in [1.54, 1.807) is 0 Å². The Labute approximate surface area is 58.3 Å². The van der Waals surface area contributed by atoms with E-state index in [2.05, 4.69) is 6.92 Å². The Balaban J connectivity index is 3.17. The third-order valence-corrected chi connectivity index (χ3v) is 1.38. The summed E-state index contributed by atoms with van der Waals surface area (Å²) < 4.78 is 12.2. The first-order valence-electron chi connectivity index (χ1n) is 2.47. The molecule has 0 spiro atoms. The minimum absolute atomic E-state index is 0.301. The highest BCUT2D eigenvalue weighted by atomic mass is 35.5. The minimum Gasteiger partial charge on any atom is -0.207 e. The van der Waals surface area contributed by atoms with Gasteiger partial charge in [-0.2, -0.15) is 0 Å². The van der Waals surface area contributed by atoms with Gasteiger partial charge in [-0.3, -0.25) is 0 Å². The maximum atomic E-state index is 12.2. The number of hydrogen-bond donors (Lipinski definition) is 0.